The summed E-state index contributed by atoms with van der Waals surface area (Å²) in [4.78, 5) is 72.3. The van der Waals surface area contributed by atoms with Crippen LogP contribution in [0.15, 0.2) is 73.4 Å². The molecule has 4 aromatic rings. The van der Waals surface area contributed by atoms with Crippen LogP contribution in [-0.4, -0.2) is 101 Å². The van der Waals surface area contributed by atoms with Crippen LogP contribution < -0.4 is 16.1 Å². The van der Waals surface area contributed by atoms with Gasteiger partial charge in [0.1, 0.15) is 12.1 Å². The van der Waals surface area contributed by atoms with Crippen LogP contribution in [0.4, 0.5) is 0 Å². The quantitative estimate of drug-likeness (QED) is 0.0700. The van der Waals surface area contributed by atoms with Crippen molar-refractivity contribution in [1.82, 2.24) is 35.5 Å². The van der Waals surface area contributed by atoms with E-state index in [1.54, 1.807) is 25.4 Å². The molecule has 14 nitrogen and oxygen atoms in total. The van der Waals surface area contributed by atoms with Crippen molar-refractivity contribution in [2.75, 3.05) is 33.9 Å². The normalized spacial score (nSPS) is 17.5. The Balaban J connectivity index is 1.36. The smallest absolute Gasteiger partial charge is 0.302 e. The summed E-state index contributed by atoms with van der Waals surface area (Å²) in [6.45, 7) is 19.1. The van der Waals surface area contributed by atoms with Crippen LogP contribution in [0.5, 0.6) is 0 Å². The lowest BCUT2D eigenvalue weighted by molar-refractivity contribution is -0.145. The Labute approximate surface area is 383 Å². The Kier molecular flexibility index (Phi) is 15.7. The highest BCUT2D eigenvalue weighted by molar-refractivity contribution is 5.96. The number of carbonyl (C=O) groups excluding carboxylic acids is 5. The summed E-state index contributed by atoms with van der Waals surface area (Å²) in [6, 6.07) is 16.5. The van der Waals surface area contributed by atoms with Gasteiger partial charge in [-0.25, -0.2) is 5.43 Å². The monoisotopic (exact) mass is 890 g/mol. The number of likely N-dealkylation sites (N-methyl/N-ethyl adjacent to an activating group) is 1. The molecule has 5 atom stereocenters. The number of nitrogens with zero attached hydrogens (tertiary/aromatic N) is 4. The van der Waals surface area contributed by atoms with Crippen LogP contribution in [0.2, 0.25) is 0 Å². The molecular weight excluding hydrogens is 823 g/mol. The van der Waals surface area contributed by atoms with Crippen molar-refractivity contribution >= 4 is 40.5 Å². The van der Waals surface area contributed by atoms with Crippen LogP contribution >= 0.6 is 0 Å². The Bertz CT molecular complexity index is 2400. The van der Waals surface area contributed by atoms with E-state index >= 15 is 0 Å². The van der Waals surface area contributed by atoms with Crippen molar-refractivity contribution in [2.45, 2.75) is 111 Å². The number of hydrazine groups is 1. The van der Waals surface area contributed by atoms with Gasteiger partial charge in [0, 0.05) is 81.3 Å². The SMILES string of the molecule is C=CC(=O)N[C@@H]1C[C@@H]1C(=O)N(C)[C@H](C(=O)N[C@@H](Cc1cccc(-c2ccc3c(c2)c(CC(C)(C)COC(C)=O)c(-c2cccnc2[C@H](C)OC)n3CC)c1)C(=O)N1CCCCN1)C(C)C. The molecule has 2 fully saturated rings. The summed E-state index contributed by atoms with van der Waals surface area (Å²) in [7, 11) is 3.29. The van der Waals surface area contributed by atoms with E-state index in [4.69, 9.17) is 14.5 Å². The first-order chi connectivity index (χ1) is 31.0. The van der Waals surface area contributed by atoms with E-state index in [1.165, 1.54) is 17.9 Å². The first kappa shape index (κ1) is 48.6. The topological polar surface area (TPSA) is 164 Å². The molecule has 0 radical (unpaired) electrons. The van der Waals surface area contributed by atoms with E-state index in [0.717, 1.165) is 62.9 Å². The van der Waals surface area contributed by atoms with Gasteiger partial charge in [-0.05, 0) is 98.0 Å². The minimum Gasteiger partial charge on any atom is -0.465 e. The van der Waals surface area contributed by atoms with E-state index in [2.05, 4.69) is 78.3 Å². The molecule has 1 saturated heterocycles. The molecule has 3 heterocycles. The second-order valence-electron chi connectivity index (χ2n) is 18.6. The standard InChI is InChI=1S/C51H67N7O7/c1-11-44(60)54-41-28-39(41)49(62)56(9)46(31(3)4)48(61)55-42(50(63)58-24-14-13-23-53-58)26-34-17-15-18-35(25-34)36-20-21-43-38(27-36)40(29-51(7,8)30-65-33(6)59)47(57(43)12-2)37-19-16-22-52-45(37)32(5)64-10/h11,15-22,25,27,31-32,39,41-42,46,53H,1,12-14,23-24,26,28-30H2,2-10H3,(H,54,60)(H,55,61)/t32-,39-,41+,42-,46-/m0/s1. The first-order valence-electron chi connectivity index (χ1n) is 22.9. The van der Waals surface area contributed by atoms with Gasteiger partial charge in [0.2, 0.25) is 17.7 Å². The number of benzene rings is 2. The largest absolute Gasteiger partial charge is 0.465 e. The number of aryl methyl sites for hydroxylation is 1. The van der Waals surface area contributed by atoms with Gasteiger partial charge in [-0.2, -0.15) is 0 Å². The van der Waals surface area contributed by atoms with Crippen molar-refractivity contribution in [2.24, 2.45) is 17.3 Å². The molecule has 0 unspecified atom stereocenters. The van der Waals surface area contributed by atoms with Crippen LogP contribution in [0, 0.1) is 17.3 Å². The Morgan fingerprint density at radius 2 is 1.80 bits per heavy atom. The summed E-state index contributed by atoms with van der Waals surface area (Å²) >= 11 is 0. The second-order valence-corrected chi connectivity index (χ2v) is 18.6. The molecule has 348 valence electrons. The molecule has 2 aliphatic rings. The first-order valence-corrected chi connectivity index (χ1v) is 22.9. The number of hydrogen-bond donors (Lipinski definition) is 3. The lowest BCUT2D eigenvalue weighted by Crippen LogP contribution is -2.59. The van der Waals surface area contributed by atoms with Crippen LogP contribution in [0.25, 0.3) is 33.3 Å². The zero-order chi connectivity index (χ0) is 47.2. The van der Waals surface area contributed by atoms with E-state index in [9.17, 15) is 24.0 Å². The third-order valence-electron chi connectivity index (χ3n) is 12.6. The predicted octanol–water partition coefficient (Wildman–Crippen LogP) is 6.56. The Morgan fingerprint density at radius 1 is 1.05 bits per heavy atom. The van der Waals surface area contributed by atoms with Gasteiger partial charge in [0.25, 0.3) is 5.91 Å². The molecule has 3 N–H and O–H groups in total. The molecular formula is C51H67N7O7. The lowest BCUT2D eigenvalue weighted by atomic mass is 9.84. The fourth-order valence-electron chi connectivity index (χ4n) is 9.13. The summed E-state index contributed by atoms with van der Waals surface area (Å²) in [5.74, 6) is -2.27. The van der Waals surface area contributed by atoms with Gasteiger partial charge in [0.15, 0.2) is 0 Å². The number of esters is 1. The van der Waals surface area contributed by atoms with E-state index in [0.29, 0.717) is 32.5 Å². The summed E-state index contributed by atoms with van der Waals surface area (Å²) in [5, 5.41) is 8.52. The number of pyridine rings is 1. The maximum atomic E-state index is 14.3. The van der Waals surface area contributed by atoms with Gasteiger partial charge in [-0.15, -0.1) is 0 Å². The fraction of sp³-hybridized carbons (Fsp3) is 0.490. The zero-order valence-corrected chi connectivity index (χ0v) is 39.5. The number of amides is 4. The Hall–Kier alpha value is -5.86. The predicted molar refractivity (Wildman–Crippen MR) is 252 cm³/mol. The van der Waals surface area contributed by atoms with E-state index in [1.807, 2.05) is 45.0 Å². The summed E-state index contributed by atoms with van der Waals surface area (Å²) in [6.07, 6.45) is 5.80. The van der Waals surface area contributed by atoms with Crippen molar-refractivity contribution < 1.29 is 33.4 Å². The highest BCUT2D eigenvalue weighted by atomic mass is 16.5. The van der Waals surface area contributed by atoms with Crippen LogP contribution in [-0.2, 0) is 52.8 Å². The summed E-state index contributed by atoms with van der Waals surface area (Å²) in [5.41, 5.74) is 10.6. The molecule has 6 rings (SSSR count). The zero-order valence-electron chi connectivity index (χ0n) is 39.5. The number of ether oxygens (including phenoxy) is 2. The fourth-order valence-corrected chi connectivity index (χ4v) is 9.13. The molecule has 1 aliphatic carbocycles. The number of nitrogens with one attached hydrogen (secondary N) is 3. The number of fused-ring (bicyclic) bond motifs is 1. The van der Waals surface area contributed by atoms with E-state index in [-0.39, 0.29) is 54.8 Å². The lowest BCUT2D eigenvalue weighted by Gasteiger charge is -2.34. The van der Waals surface area contributed by atoms with Gasteiger partial charge in [0.05, 0.1) is 30.0 Å². The molecule has 2 aromatic heterocycles. The highest BCUT2D eigenvalue weighted by Gasteiger charge is 2.47. The minimum atomic E-state index is -0.925. The molecule has 0 bridgehead atoms. The maximum absolute atomic E-state index is 14.3. The van der Waals surface area contributed by atoms with Crippen molar-refractivity contribution in [1.29, 1.82) is 0 Å². The minimum absolute atomic E-state index is 0.215. The number of hydrogen-bond acceptors (Lipinski definition) is 9. The summed E-state index contributed by atoms with van der Waals surface area (Å²) < 4.78 is 13.7. The van der Waals surface area contributed by atoms with Gasteiger partial charge in [-0.3, -0.25) is 34.0 Å². The third kappa shape index (κ3) is 11.3. The molecule has 65 heavy (non-hydrogen) atoms. The molecule has 0 spiro atoms. The van der Waals surface area contributed by atoms with Crippen molar-refractivity contribution in [3.05, 3.63) is 90.3 Å². The molecule has 1 aliphatic heterocycles. The maximum Gasteiger partial charge on any atom is 0.302 e. The highest BCUT2D eigenvalue weighted by Crippen LogP contribution is 2.42. The molecule has 2 aromatic carbocycles. The van der Waals surface area contributed by atoms with E-state index < -0.39 is 29.3 Å². The number of methoxy groups -OCH3 is 1. The van der Waals surface area contributed by atoms with Crippen molar-refractivity contribution in [3.63, 3.8) is 0 Å². The van der Waals surface area contributed by atoms with Gasteiger partial charge >= 0.3 is 5.97 Å². The van der Waals surface area contributed by atoms with Gasteiger partial charge < -0.3 is 29.6 Å². The van der Waals surface area contributed by atoms with Crippen LogP contribution in [0.1, 0.15) is 90.7 Å². The number of rotatable bonds is 19. The second kappa shape index (κ2) is 21.0. The third-order valence-corrected chi connectivity index (χ3v) is 12.6. The molecule has 4 amide bonds. The molecule has 1 saturated carbocycles. The number of aromatic nitrogens is 2. The van der Waals surface area contributed by atoms with Gasteiger partial charge in [-0.1, -0.05) is 64.6 Å². The Morgan fingerprint density at radius 3 is 2.46 bits per heavy atom. The molecule has 14 heteroatoms. The van der Waals surface area contributed by atoms with Crippen molar-refractivity contribution in [3.8, 4) is 22.4 Å². The average Bonchev–Trinajstić information content (AvgIpc) is 4.00. The van der Waals surface area contributed by atoms with Crippen LogP contribution in [0.3, 0.4) is 0 Å². The number of carbonyl (C=O) groups is 5. The average molecular weight is 890 g/mol.